The monoisotopic (exact) mass is 800 g/mol. The maximum atomic E-state index is 14.8. The van der Waals surface area contributed by atoms with Crippen LogP contribution in [0.3, 0.4) is 0 Å². The summed E-state index contributed by atoms with van der Waals surface area (Å²) in [6, 6.07) is 3.72. The van der Waals surface area contributed by atoms with Crippen LogP contribution in [0.4, 0.5) is 4.79 Å². The smallest absolute Gasteiger partial charge is 0.408 e. The predicted octanol–water partition coefficient (Wildman–Crippen LogP) is 3.26. The van der Waals surface area contributed by atoms with Crippen LogP contribution in [0, 0.1) is 11.3 Å². The van der Waals surface area contributed by atoms with Gasteiger partial charge in [-0.15, -0.1) is 6.58 Å². The number of hydrogen-bond donors (Lipinski definition) is 3. The summed E-state index contributed by atoms with van der Waals surface area (Å²) in [5.41, 5.74) is -0.908. The van der Waals surface area contributed by atoms with E-state index in [4.69, 9.17) is 4.74 Å². The third-order valence-electron chi connectivity index (χ3n) is 11.4. The van der Waals surface area contributed by atoms with Crippen molar-refractivity contribution in [2.24, 2.45) is 11.3 Å². The van der Waals surface area contributed by atoms with Crippen molar-refractivity contribution >= 4 is 33.8 Å². The van der Waals surface area contributed by atoms with Crippen molar-refractivity contribution in [1.29, 1.82) is 0 Å². The van der Waals surface area contributed by atoms with Gasteiger partial charge in [0.1, 0.15) is 23.7 Å². The number of carbonyl (C=O) groups excluding carboxylic acids is 4. The van der Waals surface area contributed by atoms with E-state index < -0.39 is 79.6 Å². The van der Waals surface area contributed by atoms with Crippen LogP contribution in [-0.2, 0) is 29.1 Å². The standard InChI is InChI=1S/C40H48N8O8S/c1-5-26-20-40(26,37(52)46-57(54,55)29-12-13-29)45-34(49)31-19-27(23-47(31)36(51)33(39(2,3)4)44-38(53)56-28-10-6-7-11-28)48-35(50)32(25-9-8-16-42-21-25)30(22-43-48)24-14-17-41-18-15-24/h5,8-9,14-18,21-22,26-29,31,33H,1,6-7,10-13,19-20,23H2,2-4H3,(H,44,53)(H,45,49)(H,46,52)/t26-,27-,31+,33-,40-/m1/s1. The number of nitrogens with zero attached hydrogens (tertiary/aromatic N) is 5. The Bertz CT molecular complexity index is 2220. The fraction of sp³-hybridized carbons (Fsp3) is 0.500. The SMILES string of the molecule is C=C[C@@H]1C[C@]1(NC(=O)[C@@H]1C[C@@H](n2ncc(-c3ccncc3)c(-c3cccnc3)c2=O)CN1C(=O)[C@@H](NC(=O)OC1CCCC1)C(C)(C)C)C(=O)NS(=O)(=O)C1CC1. The van der Waals surface area contributed by atoms with Gasteiger partial charge in [0.2, 0.25) is 21.8 Å². The van der Waals surface area contributed by atoms with Crippen LogP contribution in [0.5, 0.6) is 0 Å². The van der Waals surface area contributed by atoms with Gasteiger partial charge >= 0.3 is 6.09 Å². The molecule has 302 valence electrons. The fourth-order valence-corrected chi connectivity index (χ4v) is 9.26. The summed E-state index contributed by atoms with van der Waals surface area (Å²) in [5.74, 6) is -2.79. The Morgan fingerprint density at radius 1 is 1.00 bits per heavy atom. The molecule has 3 aliphatic carbocycles. The van der Waals surface area contributed by atoms with Gasteiger partial charge in [-0.1, -0.05) is 32.9 Å². The summed E-state index contributed by atoms with van der Waals surface area (Å²) in [4.78, 5) is 80.3. The van der Waals surface area contributed by atoms with Gasteiger partial charge in [0.25, 0.3) is 11.5 Å². The lowest BCUT2D eigenvalue weighted by molar-refractivity contribution is -0.142. The molecule has 0 spiro atoms. The molecule has 4 fully saturated rings. The highest BCUT2D eigenvalue weighted by Gasteiger charge is 2.62. The number of aromatic nitrogens is 4. The minimum atomic E-state index is -3.94. The summed E-state index contributed by atoms with van der Waals surface area (Å²) in [5, 5.41) is 9.44. The van der Waals surface area contributed by atoms with Crippen LogP contribution in [-0.4, -0.2) is 92.4 Å². The summed E-state index contributed by atoms with van der Waals surface area (Å²) in [7, 11) is -3.94. The Balaban J connectivity index is 1.24. The maximum Gasteiger partial charge on any atom is 0.408 e. The molecule has 0 bridgehead atoms. The van der Waals surface area contributed by atoms with Gasteiger partial charge in [0.05, 0.1) is 23.1 Å². The van der Waals surface area contributed by atoms with Crippen molar-refractivity contribution in [2.45, 2.75) is 107 Å². The van der Waals surface area contributed by atoms with Crippen molar-refractivity contribution in [3.63, 3.8) is 0 Å². The molecule has 4 aliphatic rings. The van der Waals surface area contributed by atoms with Crippen LogP contribution in [0.2, 0.25) is 0 Å². The van der Waals surface area contributed by atoms with Crippen LogP contribution >= 0.6 is 0 Å². The van der Waals surface area contributed by atoms with Gasteiger partial charge < -0.3 is 20.3 Å². The molecule has 1 saturated heterocycles. The quantitative estimate of drug-likeness (QED) is 0.226. The molecule has 1 aliphatic heterocycles. The van der Waals surface area contributed by atoms with E-state index in [9.17, 15) is 32.4 Å². The zero-order valence-electron chi connectivity index (χ0n) is 32.2. The van der Waals surface area contributed by atoms with Crippen LogP contribution < -0.4 is 20.9 Å². The van der Waals surface area contributed by atoms with Gasteiger partial charge in [0, 0.05) is 54.8 Å². The largest absolute Gasteiger partial charge is 0.446 e. The lowest BCUT2D eigenvalue weighted by Gasteiger charge is -2.35. The Kier molecular flexibility index (Phi) is 10.8. The van der Waals surface area contributed by atoms with Crippen molar-refractivity contribution in [2.75, 3.05) is 6.54 Å². The van der Waals surface area contributed by atoms with Gasteiger partial charge in [-0.3, -0.25) is 33.9 Å². The zero-order chi connectivity index (χ0) is 40.7. The van der Waals surface area contributed by atoms with Gasteiger partial charge in [-0.25, -0.2) is 17.9 Å². The zero-order valence-corrected chi connectivity index (χ0v) is 33.0. The maximum absolute atomic E-state index is 14.8. The van der Waals surface area contributed by atoms with Gasteiger partial charge in [-0.2, -0.15) is 5.10 Å². The molecule has 3 aromatic rings. The fourth-order valence-electron chi connectivity index (χ4n) is 7.89. The number of likely N-dealkylation sites (tertiary alicyclic amines) is 1. The molecule has 3 saturated carbocycles. The Morgan fingerprint density at radius 2 is 1.72 bits per heavy atom. The van der Waals surface area contributed by atoms with E-state index in [0.29, 0.717) is 35.1 Å². The van der Waals surface area contributed by atoms with Crippen LogP contribution in [0.15, 0.2) is 72.7 Å². The Morgan fingerprint density at radius 3 is 2.33 bits per heavy atom. The Hall–Kier alpha value is -5.45. The van der Waals surface area contributed by atoms with Crippen molar-refractivity contribution in [1.82, 2.24) is 40.0 Å². The molecule has 7 rings (SSSR count). The number of carbonyl (C=O) groups is 4. The number of sulfonamides is 1. The molecule has 3 aromatic heterocycles. The van der Waals surface area contributed by atoms with E-state index >= 15 is 0 Å². The topological polar surface area (TPSA) is 212 Å². The molecular weight excluding hydrogens is 753 g/mol. The minimum absolute atomic E-state index is 0.0915. The minimum Gasteiger partial charge on any atom is -0.446 e. The highest BCUT2D eigenvalue weighted by atomic mass is 32.2. The molecule has 0 aromatic carbocycles. The molecule has 4 amide bonds. The van der Waals surface area contributed by atoms with Crippen LogP contribution in [0.1, 0.15) is 78.2 Å². The average Bonchev–Trinajstić information content (AvgIpc) is 4.06. The highest BCUT2D eigenvalue weighted by Crippen LogP contribution is 2.46. The van der Waals surface area contributed by atoms with Crippen molar-refractivity contribution < 1.29 is 32.3 Å². The molecule has 0 radical (unpaired) electrons. The van der Waals surface area contributed by atoms with E-state index in [0.717, 1.165) is 25.7 Å². The molecule has 16 nitrogen and oxygen atoms in total. The average molecular weight is 801 g/mol. The highest BCUT2D eigenvalue weighted by molar-refractivity contribution is 7.91. The first-order valence-electron chi connectivity index (χ1n) is 19.3. The number of alkyl carbamates (subject to hydrolysis) is 1. The van der Waals surface area contributed by atoms with E-state index in [1.807, 2.05) is 0 Å². The van der Waals surface area contributed by atoms with E-state index in [-0.39, 0.29) is 25.5 Å². The first-order valence-corrected chi connectivity index (χ1v) is 20.9. The molecule has 4 heterocycles. The lowest BCUT2D eigenvalue weighted by atomic mass is 9.85. The second-order valence-corrected chi connectivity index (χ2v) is 18.5. The third kappa shape index (κ3) is 8.20. The number of pyridine rings is 2. The number of ether oxygens (including phenoxy) is 1. The number of amides is 4. The summed E-state index contributed by atoms with van der Waals surface area (Å²) >= 11 is 0. The lowest BCUT2D eigenvalue weighted by Crippen LogP contribution is -2.60. The molecule has 57 heavy (non-hydrogen) atoms. The molecule has 3 N–H and O–H groups in total. The predicted molar refractivity (Wildman–Crippen MR) is 208 cm³/mol. The second kappa shape index (κ2) is 15.5. The summed E-state index contributed by atoms with van der Waals surface area (Å²) in [6.07, 6.45) is 12.6. The number of hydrogen-bond acceptors (Lipinski definition) is 11. The number of rotatable bonds is 12. The van der Waals surface area contributed by atoms with E-state index in [1.54, 1.807) is 76.0 Å². The van der Waals surface area contributed by atoms with Gasteiger partial charge in [-0.05, 0) is 74.1 Å². The number of nitrogens with one attached hydrogen (secondary N) is 3. The normalized spacial score (nSPS) is 24.0. The Labute approximate surface area is 330 Å². The van der Waals surface area contributed by atoms with Gasteiger partial charge in [0.15, 0.2) is 0 Å². The van der Waals surface area contributed by atoms with E-state index in [1.165, 1.54) is 15.7 Å². The van der Waals surface area contributed by atoms with E-state index in [2.05, 4.69) is 37.0 Å². The molecule has 17 heteroatoms. The first kappa shape index (κ1) is 39.8. The molecule has 0 unspecified atom stereocenters. The summed E-state index contributed by atoms with van der Waals surface area (Å²) < 4.78 is 34.6. The van der Waals surface area contributed by atoms with Crippen molar-refractivity contribution in [3.8, 4) is 22.3 Å². The van der Waals surface area contributed by atoms with Crippen molar-refractivity contribution in [3.05, 3.63) is 78.3 Å². The second-order valence-electron chi connectivity index (χ2n) is 16.5. The molecular formula is C40H48N8O8S. The molecule has 5 atom stereocenters. The summed E-state index contributed by atoms with van der Waals surface area (Å²) in [6.45, 7) is 8.95. The third-order valence-corrected chi connectivity index (χ3v) is 13.2. The first-order chi connectivity index (χ1) is 27.1. The van der Waals surface area contributed by atoms with Crippen LogP contribution in [0.25, 0.3) is 22.3 Å².